The number of hydrogen-bond donors (Lipinski definition) is 1. The Bertz CT molecular complexity index is 1390. The molecule has 2 fully saturated rings. The van der Waals surface area contributed by atoms with Gasteiger partial charge in [0.05, 0.1) is 25.1 Å². The molecule has 186 valence electrons. The van der Waals surface area contributed by atoms with Crippen molar-refractivity contribution in [3.05, 3.63) is 54.4 Å². The average molecular weight is 486 g/mol. The van der Waals surface area contributed by atoms with Crippen molar-refractivity contribution in [2.45, 2.75) is 25.3 Å². The number of nitrogens with zero attached hydrogens (tertiary/aromatic N) is 5. The van der Waals surface area contributed by atoms with Crippen LogP contribution in [0.1, 0.15) is 25.0 Å². The largest absolute Gasteiger partial charge is 0.507 e. The van der Waals surface area contributed by atoms with Crippen LogP contribution in [0.3, 0.4) is 0 Å². The molecule has 0 spiro atoms. The normalized spacial score (nSPS) is 19.5. The number of hydrogen-bond acceptors (Lipinski definition) is 7. The second kappa shape index (κ2) is 9.19. The van der Waals surface area contributed by atoms with Gasteiger partial charge in [-0.05, 0) is 66.8 Å². The van der Waals surface area contributed by atoms with Crippen LogP contribution in [0.15, 0.2) is 48.7 Å². The highest BCUT2D eigenvalue weighted by Gasteiger charge is 2.36. The molecule has 2 aromatic carbocycles. The summed E-state index contributed by atoms with van der Waals surface area (Å²) in [6.45, 7) is 6.10. The summed E-state index contributed by atoms with van der Waals surface area (Å²) in [6.07, 6.45) is 3.11. The van der Waals surface area contributed by atoms with Crippen LogP contribution >= 0.6 is 0 Å². The Morgan fingerprint density at radius 1 is 1.08 bits per heavy atom. The zero-order chi connectivity index (χ0) is 24.8. The van der Waals surface area contributed by atoms with E-state index in [1.165, 1.54) is 0 Å². The number of aromatic nitrogens is 4. The van der Waals surface area contributed by atoms with E-state index in [4.69, 9.17) is 9.47 Å². The molecule has 2 saturated heterocycles. The lowest BCUT2D eigenvalue weighted by Gasteiger charge is -2.44. The second-order valence-electron chi connectivity index (χ2n) is 10.0. The number of phenols is 1. The summed E-state index contributed by atoms with van der Waals surface area (Å²) in [7, 11) is 3.53. The van der Waals surface area contributed by atoms with E-state index < -0.39 is 0 Å². The quantitative estimate of drug-likeness (QED) is 0.437. The monoisotopic (exact) mass is 485 g/mol. The van der Waals surface area contributed by atoms with E-state index in [1.54, 1.807) is 17.9 Å². The van der Waals surface area contributed by atoms with Crippen LogP contribution in [0.5, 0.6) is 11.5 Å². The highest BCUT2D eigenvalue weighted by atomic mass is 16.5. The third kappa shape index (κ3) is 4.10. The molecule has 0 saturated carbocycles. The van der Waals surface area contributed by atoms with Gasteiger partial charge in [0, 0.05) is 55.9 Å². The lowest BCUT2D eigenvalue weighted by molar-refractivity contribution is 0.0588. The van der Waals surface area contributed by atoms with E-state index in [-0.39, 0.29) is 5.75 Å². The molecule has 8 heteroatoms. The van der Waals surface area contributed by atoms with Gasteiger partial charge in [0.2, 0.25) is 0 Å². The summed E-state index contributed by atoms with van der Waals surface area (Å²) >= 11 is 0. The first kappa shape index (κ1) is 22.9. The van der Waals surface area contributed by atoms with E-state index in [0.29, 0.717) is 34.9 Å². The van der Waals surface area contributed by atoms with Crippen molar-refractivity contribution >= 4 is 10.9 Å². The van der Waals surface area contributed by atoms with Gasteiger partial charge >= 0.3 is 0 Å². The summed E-state index contributed by atoms with van der Waals surface area (Å²) in [5.74, 6) is 1.92. The van der Waals surface area contributed by atoms with Gasteiger partial charge < -0.3 is 14.6 Å². The van der Waals surface area contributed by atoms with Crippen molar-refractivity contribution in [3.8, 4) is 33.9 Å². The number of rotatable bonds is 6. The molecule has 0 bridgehead atoms. The van der Waals surface area contributed by atoms with Crippen LogP contribution in [0.25, 0.3) is 33.3 Å². The van der Waals surface area contributed by atoms with Crippen LogP contribution in [-0.4, -0.2) is 69.4 Å². The number of benzene rings is 2. The molecular weight excluding hydrogens is 454 g/mol. The highest BCUT2D eigenvalue weighted by molar-refractivity contribution is 5.90. The van der Waals surface area contributed by atoms with Gasteiger partial charge in [-0.2, -0.15) is 15.3 Å². The van der Waals surface area contributed by atoms with Crippen molar-refractivity contribution in [2.24, 2.45) is 13.0 Å². The first-order valence-electron chi connectivity index (χ1n) is 12.5. The molecule has 2 aliphatic rings. The SMILES string of the molecule is COc1cc(-c2ccc(-c3ccc(C4CN(C(C)C5CCOC5)C4)nn3)c(O)c2)cc2cn(C)nc12. The average Bonchev–Trinajstić information content (AvgIpc) is 3.52. The number of methoxy groups -OCH3 is 1. The van der Waals surface area contributed by atoms with Crippen molar-refractivity contribution in [2.75, 3.05) is 33.4 Å². The maximum Gasteiger partial charge on any atom is 0.147 e. The van der Waals surface area contributed by atoms with Gasteiger partial charge in [-0.3, -0.25) is 9.58 Å². The van der Waals surface area contributed by atoms with Crippen molar-refractivity contribution < 1.29 is 14.6 Å². The first-order chi connectivity index (χ1) is 17.5. The van der Waals surface area contributed by atoms with E-state index >= 15 is 0 Å². The predicted octanol–water partition coefficient (Wildman–Crippen LogP) is 4.24. The van der Waals surface area contributed by atoms with Crippen molar-refractivity contribution in [1.82, 2.24) is 24.9 Å². The lowest BCUT2D eigenvalue weighted by atomic mass is 9.89. The molecule has 36 heavy (non-hydrogen) atoms. The van der Waals surface area contributed by atoms with E-state index in [9.17, 15) is 5.11 Å². The Hall–Kier alpha value is -3.49. The fourth-order valence-electron chi connectivity index (χ4n) is 5.44. The molecule has 4 aromatic rings. The summed E-state index contributed by atoms with van der Waals surface area (Å²) in [6, 6.07) is 14.2. The molecule has 0 aliphatic carbocycles. The standard InChI is InChI=1S/C28H31N5O3/c1-17(19-8-9-36-16-19)33-14-22(15-33)24-6-7-25(30-29-24)23-5-4-18(11-26(23)34)20-10-21-13-32(2)31-28(21)27(12-20)35-3/h4-7,10-13,17,19,22,34H,8-9,14-16H2,1-3H3. The minimum atomic E-state index is 0.169. The van der Waals surface area contributed by atoms with Gasteiger partial charge in [0.25, 0.3) is 0 Å². The summed E-state index contributed by atoms with van der Waals surface area (Å²) in [4.78, 5) is 2.52. The zero-order valence-corrected chi connectivity index (χ0v) is 20.9. The molecule has 6 rings (SSSR count). The Balaban J connectivity index is 1.18. The van der Waals surface area contributed by atoms with Crippen LogP contribution in [0, 0.1) is 5.92 Å². The van der Waals surface area contributed by atoms with Gasteiger partial charge in [0.15, 0.2) is 0 Å². The van der Waals surface area contributed by atoms with Gasteiger partial charge in [0.1, 0.15) is 17.0 Å². The molecule has 2 aliphatic heterocycles. The Kier molecular flexibility index (Phi) is 5.85. The third-order valence-corrected chi connectivity index (χ3v) is 7.75. The molecule has 8 nitrogen and oxygen atoms in total. The van der Waals surface area contributed by atoms with E-state index in [1.807, 2.05) is 43.6 Å². The van der Waals surface area contributed by atoms with Crippen molar-refractivity contribution in [3.63, 3.8) is 0 Å². The van der Waals surface area contributed by atoms with Crippen molar-refractivity contribution in [1.29, 1.82) is 0 Å². The number of ether oxygens (including phenoxy) is 2. The van der Waals surface area contributed by atoms with Gasteiger partial charge in [-0.15, -0.1) is 0 Å². The molecular formula is C28H31N5O3. The number of likely N-dealkylation sites (tertiary alicyclic amines) is 1. The maximum absolute atomic E-state index is 10.9. The number of fused-ring (bicyclic) bond motifs is 1. The predicted molar refractivity (Wildman–Crippen MR) is 138 cm³/mol. The summed E-state index contributed by atoms with van der Waals surface area (Å²) in [5.41, 5.74) is 4.99. The Morgan fingerprint density at radius 3 is 2.64 bits per heavy atom. The first-order valence-corrected chi connectivity index (χ1v) is 12.5. The molecule has 0 radical (unpaired) electrons. The molecule has 0 amide bonds. The highest BCUT2D eigenvalue weighted by Crippen LogP contribution is 2.37. The maximum atomic E-state index is 10.9. The minimum absolute atomic E-state index is 0.169. The third-order valence-electron chi connectivity index (χ3n) is 7.75. The molecule has 1 N–H and O–H groups in total. The smallest absolute Gasteiger partial charge is 0.147 e. The summed E-state index contributed by atoms with van der Waals surface area (Å²) < 4.78 is 12.9. The minimum Gasteiger partial charge on any atom is -0.507 e. The van der Waals surface area contributed by atoms with Crippen LogP contribution < -0.4 is 4.74 Å². The topological polar surface area (TPSA) is 85.5 Å². The molecule has 2 aromatic heterocycles. The van der Waals surface area contributed by atoms with Gasteiger partial charge in [-0.1, -0.05) is 6.07 Å². The fraction of sp³-hybridized carbons (Fsp3) is 0.393. The fourth-order valence-corrected chi connectivity index (χ4v) is 5.44. The van der Waals surface area contributed by atoms with Crippen LogP contribution in [-0.2, 0) is 11.8 Å². The number of phenolic OH excluding ortho intramolecular Hbond substituents is 1. The van der Waals surface area contributed by atoms with Crippen LogP contribution in [0.2, 0.25) is 0 Å². The molecule has 2 atom stereocenters. The van der Waals surface area contributed by atoms with E-state index in [2.05, 4.69) is 33.2 Å². The lowest BCUT2D eigenvalue weighted by Crippen LogP contribution is -2.52. The second-order valence-corrected chi connectivity index (χ2v) is 10.0. The summed E-state index contributed by atoms with van der Waals surface area (Å²) in [5, 5.41) is 25.3. The number of aryl methyl sites for hydroxylation is 1. The number of aromatic hydroxyl groups is 1. The Labute approximate surface area is 210 Å². The van der Waals surface area contributed by atoms with E-state index in [0.717, 1.165) is 60.4 Å². The molecule has 2 unspecified atom stereocenters. The zero-order valence-electron chi connectivity index (χ0n) is 20.9. The molecule has 4 heterocycles. The van der Waals surface area contributed by atoms with Crippen LogP contribution in [0.4, 0.5) is 0 Å². The van der Waals surface area contributed by atoms with Gasteiger partial charge in [-0.25, -0.2) is 0 Å². The Morgan fingerprint density at radius 2 is 1.94 bits per heavy atom.